The first-order chi connectivity index (χ1) is 17.1. The predicted octanol–water partition coefficient (Wildman–Crippen LogP) is 5.48. The Bertz CT molecular complexity index is 1630. The van der Waals surface area contributed by atoms with Gasteiger partial charge >= 0.3 is 0 Å². The highest BCUT2D eigenvalue weighted by molar-refractivity contribution is 9.10. The number of halogens is 1. The van der Waals surface area contributed by atoms with Crippen LogP contribution >= 0.6 is 27.3 Å². The molecule has 1 unspecified atom stereocenters. The summed E-state index contributed by atoms with van der Waals surface area (Å²) in [6.07, 6.45) is 3.79. The van der Waals surface area contributed by atoms with E-state index in [0.717, 1.165) is 44.7 Å². The smallest absolute Gasteiger partial charge is 0.271 e. The van der Waals surface area contributed by atoms with E-state index in [9.17, 15) is 4.79 Å². The van der Waals surface area contributed by atoms with Crippen LogP contribution in [-0.2, 0) is 6.42 Å². The molecule has 2 heterocycles. The molecular weight excluding hydrogens is 520 g/mol. The fraction of sp³-hybridized carbons (Fsp3) is 0.172. The Hall–Kier alpha value is -3.22. The molecule has 6 rings (SSSR count). The summed E-state index contributed by atoms with van der Waals surface area (Å²) in [5.41, 5.74) is 6.78. The van der Waals surface area contributed by atoms with Crippen molar-refractivity contribution in [3.05, 3.63) is 125 Å². The van der Waals surface area contributed by atoms with Crippen LogP contribution in [0.4, 0.5) is 0 Å². The quantitative estimate of drug-likeness (QED) is 0.342. The second kappa shape index (κ2) is 9.10. The molecule has 0 bridgehead atoms. The molecule has 0 saturated carbocycles. The lowest BCUT2D eigenvalue weighted by molar-refractivity contribution is 0.340. The van der Waals surface area contributed by atoms with Gasteiger partial charge in [-0.1, -0.05) is 75.8 Å². The number of aryl methyl sites for hydroxylation is 1. The summed E-state index contributed by atoms with van der Waals surface area (Å²) in [4.78, 5) is 19.6. The van der Waals surface area contributed by atoms with Crippen molar-refractivity contribution in [3.8, 4) is 5.75 Å². The van der Waals surface area contributed by atoms with E-state index in [4.69, 9.17) is 9.73 Å². The molecule has 0 amide bonds. The minimum atomic E-state index is -0.183. The maximum absolute atomic E-state index is 13.8. The number of rotatable bonds is 4. The van der Waals surface area contributed by atoms with E-state index in [1.165, 1.54) is 28.0 Å². The summed E-state index contributed by atoms with van der Waals surface area (Å²) < 4.78 is 9.26. The lowest BCUT2D eigenvalue weighted by Gasteiger charge is -2.30. The van der Waals surface area contributed by atoms with Crippen molar-refractivity contribution in [2.45, 2.75) is 25.8 Å². The summed E-state index contributed by atoms with van der Waals surface area (Å²) in [6.45, 7) is 2.60. The van der Waals surface area contributed by atoms with Crippen molar-refractivity contribution in [3.63, 3.8) is 0 Å². The third kappa shape index (κ3) is 4.01. The van der Waals surface area contributed by atoms with Crippen molar-refractivity contribution in [2.24, 2.45) is 4.99 Å². The van der Waals surface area contributed by atoms with Crippen molar-refractivity contribution in [2.75, 3.05) is 6.61 Å². The zero-order valence-electron chi connectivity index (χ0n) is 19.2. The van der Waals surface area contributed by atoms with Gasteiger partial charge in [0.2, 0.25) is 0 Å². The zero-order chi connectivity index (χ0) is 23.9. The molecule has 6 heteroatoms. The van der Waals surface area contributed by atoms with Crippen LogP contribution in [0.25, 0.3) is 11.8 Å². The molecule has 2 aliphatic rings. The highest BCUT2D eigenvalue weighted by atomic mass is 79.9. The van der Waals surface area contributed by atoms with Gasteiger partial charge < -0.3 is 4.74 Å². The number of benzene rings is 3. The first-order valence-corrected chi connectivity index (χ1v) is 13.3. The Balaban J connectivity index is 1.58. The van der Waals surface area contributed by atoms with E-state index in [-0.39, 0.29) is 11.6 Å². The van der Waals surface area contributed by atoms with Gasteiger partial charge in [0.25, 0.3) is 5.56 Å². The van der Waals surface area contributed by atoms with Gasteiger partial charge in [-0.05, 0) is 72.4 Å². The van der Waals surface area contributed by atoms with Gasteiger partial charge in [-0.3, -0.25) is 9.36 Å². The van der Waals surface area contributed by atoms with Crippen LogP contribution in [0.5, 0.6) is 5.75 Å². The largest absolute Gasteiger partial charge is 0.494 e. The number of hydrogen-bond donors (Lipinski definition) is 0. The number of nitrogens with zero attached hydrogens (tertiary/aromatic N) is 2. The molecule has 0 saturated heterocycles. The highest BCUT2D eigenvalue weighted by Crippen LogP contribution is 2.41. The third-order valence-electron chi connectivity index (χ3n) is 6.55. The van der Waals surface area contributed by atoms with Crippen molar-refractivity contribution in [1.29, 1.82) is 0 Å². The Morgan fingerprint density at radius 1 is 1.06 bits per heavy atom. The molecule has 0 radical (unpaired) electrons. The summed E-state index contributed by atoms with van der Waals surface area (Å²) in [5.74, 6) is 0.835. The topological polar surface area (TPSA) is 43.6 Å². The molecule has 1 aliphatic heterocycles. The standard InChI is InChI=1S/C29H23BrN2O2S/c1-2-34-22-14-9-20(10-15-22)27-24-16-11-19-5-3-4-6-23(19)26(24)31-29-32(27)28(33)25(35-29)17-18-7-12-21(30)13-8-18/h3-10,12-15,17,27H,2,11,16H2,1H3. The minimum Gasteiger partial charge on any atom is -0.494 e. The number of thiazole rings is 1. The Morgan fingerprint density at radius 2 is 1.83 bits per heavy atom. The van der Waals surface area contributed by atoms with Crippen LogP contribution in [0, 0.1) is 0 Å². The van der Waals surface area contributed by atoms with Gasteiger partial charge in [0, 0.05) is 10.0 Å². The predicted molar refractivity (Wildman–Crippen MR) is 145 cm³/mol. The fourth-order valence-electron chi connectivity index (χ4n) is 4.95. The highest BCUT2D eigenvalue weighted by Gasteiger charge is 2.32. The van der Waals surface area contributed by atoms with E-state index < -0.39 is 0 Å². The van der Waals surface area contributed by atoms with Gasteiger partial charge in [-0.15, -0.1) is 0 Å². The van der Waals surface area contributed by atoms with E-state index in [1.807, 2.05) is 54.0 Å². The minimum absolute atomic E-state index is 0.000891. The maximum Gasteiger partial charge on any atom is 0.271 e. The van der Waals surface area contributed by atoms with Gasteiger partial charge in [0.05, 0.1) is 22.9 Å². The number of ether oxygens (including phenoxy) is 1. The molecule has 1 atom stereocenters. The lowest BCUT2D eigenvalue weighted by atomic mass is 9.83. The van der Waals surface area contributed by atoms with Crippen molar-refractivity contribution >= 4 is 39.0 Å². The van der Waals surface area contributed by atoms with Crippen LogP contribution in [0.15, 0.2) is 92.6 Å². The van der Waals surface area contributed by atoms with Gasteiger partial charge in [-0.2, -0.15) is 0 Å². The lowest BCUT2D eigenvalue weighted by Crippen LogP contribution is -2.38. The van der Waals surface area contributed by atoms with E-state index in [1.54, 1.807) is 0 Å². The van der Waals surface area contributed by atoms with Crippen LogP contribution < -0.4 is 19.6 Å². The molecule has 35 heavy (non-hydrogen) atoms. The van der Waals surface area contributed by atoms with Crippen molar-refractivity contribution < 1.29 is 4.74 Å². The number of fused-ring (bicyclic) bond motifs is 3. The Kier molecular flexibility index (Phi) is 5.78. The first kappa shape index (κ1) is 22.3. The monoisotopic (exact) mass is 542 g/mol. The summed E-state index contributed by atoms with van der Waals surface area (Å²) in [6, 6.07) is 24.4. The van der Waals surface area contributed by atoms with Crippen LogP contribution in [-0.4, -0.2) is 11.2 Å². The number of hydrogen-bond acceptors (Lipinski definition) is 4. The molecule has 1 aliphatic carbocycles. The average Bonchev–Trinajstić information content (AvgIpc) is 3.19. The van der Waals surface area contributed by atoms with Gasteiger partial charge in [0.1, 0.15) is 5.75 Å². The first-order valence-electron chi connectivity index (χ1n) is 11.7. The molecule has 3 aromatic carbocycles. The zero-order valence-corrected chi connectivity index (χ0v) is 21.6. The van der Waals surface area contributed by atoms with Crippen molar-refractivity contribution in [1.82, 2.24) is 4.57 Å². The molecule has 0 fully saturated rings. The molecule has 4 aromatic rings. The number of allylic oxidation sites excluding steroid dienone is 1. The van der Waals surface area contributed by atoms with Crippen LogP contribution in [0.1, 0.15) is 41.6 Å². The molecular formula is C29H23BrN2O2S. The van der Waals surface area contributed by atoms with E-state index in [0.29, 0.717) is 11.1 Å². The second-order valence-electron chi connectivity index (χ2n) is 8.67. The molecule has 0 spiro atoms. The van der Waals surface area contributed by atoms with E-state index in [2.05, 4.69) is 52.3 Å². The number of aromatic nitrogens is 1. The molecule has 174 valence electrons. The maximum atomic E-state index is 13.8. The van der Waals surface area contributed by atoms with Gasteiger partial charge in [0.15, 0.2) is 4.80 Å². The summed E-state index contributed by atoms with van der Waals surface area (Å²) >= 11 is 4.94. The molecule has 0 N–H and O–H groups in total. The summed E-state index contributed by atoms with van der Waals surface area (Å²) in [7, 11) is 0. The van der Waals surface area contributed by atoms with Crippen LogP contribution in [0.2, 0.25) is 0 Å². The third-order valence-corrected chi connectivity index (χ3v) is 8.06. The van der Waals surface area contributed by atoms with E-state index >= 15 is 0 Å². The Labute approximate surface area is 215 Å². The molecule has 4 nitrogen and oxygen atoms in total. The van der Waals surface area contributed by atoms with Crippen LogP contribution in [0.3, 0.4) is 0 Å². The fourth-order valence-corrected chi connectivity index (χ4v) is 6.21. The Morgan fingerprint density at radius 3 is 2.60 bits per heavy atom. The second-order valence-corrected chi connectivity index (χ2v) is 10.6. The SMILES string of the molecule is CCOc1ccc(C2C3=C(N=c4sc(=Cc5ccc(Br)cc5)c(=O)n42)c2ccccc2CC3)cc1. The van der Waals surface area contributed by atoms with Gasteiger partial charge in [-0.25, -0.2) is 4.99 Å². The average molecular weight is 543 g/mol. The normalized spacial score (nSPS) is 16.9. The summed E-state index contributed by atoms with van der Waals surface area (Å²) in [5, 5.41) is 0. The molecule has 1 aromatic heterocycles.